The Labute approximate surface area is 121 Å². The average Bonchev–Trinajstić information content (AvgIpc) is 2.50. The number of ether oxygens (including phenoxy) is 2. The fourth-order valence-electron chi connectivity index (χ4n) is 1.37. The van der Waals surface area contributed by atoms with E-state index >= 15 is 0 Å². The molecule has 0 spiro atoms. The number of benzene rings is 1. The van der Waals surface area contributed by atoms with Crippen molar-refractivity contribution in [3.8, 4) is 5.75 Å². The van der Waals surface area contributed by atoms with Crippen molar-refractivity contribution in [2.75, 3.05) is 20.8 Å². The largest absolute Gasteiger partial charge is 0.496 e. The summed E-state index contributed by atoms with van der Waals surface area (Å²) in [7, 11) is 2.89. The molecule has 0 atom stereocenters. The number of nitrogens with one attached hydrogen (secondary N) is 2. The third-order valence-electron chi connectivity index (χ3n) is 2.36. The van der Waals surface area contributed by atoms with E-state index in [9.17, 15) is 14.4 Å². The molecule has 3 amide bonds. The number of amides is 3. The molecule has 0 unspecified atom stereocenters. The maximum Gasteiger partial charge on any atom is 0.331 e. The fraction of sp³-hybridized carbons (Fsp3) is 0.214. The van der Waals surface area contributed by atoms with Crippen LogP contribution in [-0.2, 0) is 14.3 Å². The number of urea groups is 1. The van der Waals surface area contributed by atoms with Crippen LogP contribution in [0.4, 0.5) is 4.79 Å². The molecule has 0 aliphatic rings. The van der Waals surface area contributed by atoms with Crippen LogP contribution in [0.15, 0.2) is 30.3 Å². The third-order valence-corrected chi connectivity index (χ3v) is 2.36. The first-order valence-electron chi connectivity index (χ1n) is 6.06. The summed E-state index contributed by atoms with van der Waals surface area (Å²) >= 11 is 0. The highest BCUT2D eigenvalue weighted by atomic mass is 16.5. The Morgan fingerprint density at radius 2 is 1.95 bits per heavy atom. The van der Waals surface area contributed by atoms with Crippen LogP contribution in [0.5, 0.6) is 5.75 Å². The van der Waals surface area contributed by atoms with Crippen molar-refractivity contribution < 1.29 is 23.9 Å². The monoisotopic (exact) mass is 292 g/mol. The minimum absolute atomic E-state index is 0.539. The number of methoxy groups -OCH3 is 1. The third kappa shape index (κ3) is 5.77. The lowest BCUT2D eigenvalue weighted by atomic mass is 10.2. The molecule has 7 heteroatoms. The van der Waals surface area contributed by atoms with Gasteiger partial charge in [-0.1, -0.05) is 18.2 Å². The van der Waals surface area contributed by atoms with Gasteiger partial charge in [0.2, 0.25) is 0 Å². The Kier molecular flexibility index (Phi) is 6.46. The van der Waals surface area contributed by atoms with Gasteiger partial charge in [-0.15, -0.1) is 0 Å². The van der Waals surface area contributed by atoms with Gasteiger partial charge in [0.1, 0.15) is 5.75 Å². The minimum atomic E-state index is -0.714. The summed E-state index contributed by atoms with van der Waals surface area (Å²) in [5.74, 6) is -0.805. The lowest BCUT2D eigenvalue weighted by Crippen LogP contribution is -2.39. The average molecular weight is 292 g/mol. The number of rotatable bonds is 5. The van der Waals surface area contributed by atoms with E-state index in [1.54, 1.807) is 24.3 Å². The van der Waals surface area contributed by atoms with Crippen molar-refractivity contribution in [3.05, 3.63) is 35.9 Å². The minimum Gasteiger partial charge on any atom is -0.496 e. The molecule has 1 aromatic carbocycles. The highest BCUT2D eigenvalue weighted by molar-refractivity contribution is 5.96. The molecule has 0 bridgehead atoms. The van der Waals surface area contributed by atoms with E-state index in [0.717, 1.165) is 0 Å². The zero-order valence-electron chi connectivity index (χ0n) is 11.7. The second-order valence-electron chi connectivity index (χ2n) is 3.81. The fourth-order valence-corrected chi connectivity index (χ4v) is 1.37. The first-order valence-corrected chi connectivity index (χ1v) is 6.06. The number of hydrogen-bond acceptors (Lipinski definition) is 5. The maximum absolute atomic E-state index is 11.4. The van der Waals surface area contributed by atoms with E-state index in [4.69, 9.17) is 4.74 Å². The van der Waals surface area contributed by atoms with Gasteiger partial charge in [0.25, 0.3) is 5.91 Å². The van der Waals surface area contributed by atoms with Gasteiger partial charge in [0, 0.05) is 18.7 Å². The summed E-state index contributed by atoms with van der Waals surface area (Å²) in [6.07, 6.45) is 2.68. The normalized spacial score (nSPS) is 10.0. The molecule has 112 valence electrons. The Morgan fingerprint density at radius 3 is 2.62 bits per heavy atom. The van der Waals surface area contributed by atoms with E-state index < -0.39 is 24.5 Å². The summed E-state index contributed by atoms with van der Waals surface area (Å²) in [4.78, 5) is 33.5. The van der Waals surface area contributed by atoms with Crippen LogP contribution in [0.1, 0.15) is 5.56 Å². The van der Waals surface area contributed by atoms with Gasteiger partial charge in [-0.3, -0.25) is 10.1 Å². The highest BCUT2D eigenvalue weighted by Gasteiger charge is 2.08. The van der Waals surface area contributed by atoms with Crippen LogP contribution in [0, 0.1) is 0 Å². The molecule has 2 N–H and O–H groups in total. The van der Waals surface area contributed by atoms with Gasteiger partial charge in [-0.05, 0) is 12.1 Å². The molecule has 7 nitrogen and oxygen atoms in total. The Hall–Kier alpha value is -2.83. The summed E-state index contributed by atoms with van der Waals surface area (Å²) in [5.41, 5.74) is 0.701. The lowest BCUT2D eigenvalue weighted by molar-refractivity contribution is -0.143. The van der Waals surface area contributed by atoms with Crippen LogP contribution in [0.3, 0.4) is 0 Å². The lowest BCUT2D eigenvalue weighted by Gasteiger charge is -2.04. The number of esters is 1. The van der Waals surface area contributed by atoms with Crippen LogP contribution in [0.25, 0.3) is 6.08 Å². The molecule has 0 saturated carbocycles. The number of carbonyl (C=O) groups excluding carboxylic acids is 3. The molecule has 0 aromatic heterocycles. The Morgan fingerprint density at radius 1 is 1.24 bits per heavy atom. The topological polar surface area (TPSA) is 93.7 Å². The molecule has 1 aromatic rings. The van der Waals surface area contributed by atoms with E-state index in [1.807, 2.05) is 5.32 Å². The predicted octanol–water partition coefficient (Wildman–Crippen LogP) is 0.707. The SMILES string of the molecule is CNC(=O)NC(=O)COC(=O)/C=C/c1ccccc1OC. The van der Waals surface area contributed by atoms with E-state index in [1.165, 1.54) is 26.3 Å². The molecule has 0 aliphatic carbocycles. The van der Waals surface area contributed by atoms with E-state index in [0.29, 0.717) is 11.3 Å². The number of imide groups is 1. The summed E-state index contributed by atoms with van der Waals surface area (Å²) in [6, 6.07) is 6.45. The second kappa shape index (κ2) is 8.36. The maximum atomic E-state index is 11.4. The zero-order valence-corrected chi connectivity index (χ0v) is 11.7. The smallest absolute Gasteiger partial charge is 0.331 e. The summed E-state index contributed by atoms with van der Waals surface area (Å²) in [6.45, 7) is -0.539. The van der Waals surface area contributed by atoms with Gasteiger partial charge in [-0.25, -0.2) is 9.59 Å². The molecule has 21 heavy (non-hydrogen) atoms. The molecule has 0 saturated heterocycles. The van der Waals surface area contributed by atoms with Crippen molar-refractivity contribution in [1.29, 1.82) is 0 Å². The van der Waals surface area contributed by atoms with Gasteiger partial charge in [0.15, 0.2) is 6.61 Å². The van der Waals surface area contributed by atoms with Crippen molar-refractivity contribution in [2.24, 2.45) is 0 Å². The first kappa shape index (κ1) is 16.2. The quantitative estimate of drug-likeness (QED) is 0.615. The molecule has 0 radical (unpaired) electrons. The molecular formula is C14H16N2O5. The van der Waals surface area contributed by atoms with Crippen LogP contribution >= 0.6 is 0 Å². The molecule has 1 rings (SSSR count). The Bertz CT molecular complexity index is 554. The molecule has 0 fully saturated rings. The van der Waals surface area contributed by atoms with Crippen LogP contribution in [-0.4, -0.2) is 38.7 Å². The Balaban J connectivity index is 2.48. The molecule has 0 heterocycles. The van der Waals surface area contributed by atoms with Gasteiger partial charge in [0.05, 0.1) is 7.11 Å². The highest BCUT2D eigenvalue weighted by Crippen LogP contribution is 2.18. The summed E-state index contributed by atoms with van der Waals surface area (Å²) in [5, 5.41) is 4.17. The number of para-hydroxylation sites is 1. The molecular weight excluding hydrogens is 276 g/mol. The van der Waals surface area contributed by atoms with Gasteiger partial charge < -0.3 is 14.8 Å². The van der Waals surface area contributed by atoms with Crippen LogP contribution < -0.4 is 15.4 Å². The second-order valence-corrected chi connectivity index (χ2v) is 3.81. The van der Waals surface area contributed by atoms with Gasteiger partial charge >= 0.3 is 12.0 Å². The van der Waals surface area contributed by atoms with E-state index in [2.05, 4.69) is 10.1 Å². The van der Waals surface area contributed by atoms with Crippen LogP contribution in [0.2, 0.25) is 0 Å². The van der Waals surface area contributed by atoms with Gasteiger partial charge in [-0.2, -0.15) is 0 Å². The van der Waals surface area contributed by atoms with Crippen molar-refractivity contribution >= 4 is 24.0 Å². The number of carbonyl (C=O) groups is 3. The number of hydrogen-bond donors (Lipinski definition) is 2. The molecule has 0 aliphatic heterocycles. The van der Waals surface area contributed by atoms with Crippen molar-refractivity contribution in [2.45, 2.75) is 0 Å². The first-order chi connectivity index (χ1) is 10.1. The zero-order chi connectivity index (χ0) is 15.7. The predicted molar refractivity (Wildman–Crippen MR) is 75.6 cm³/mol. The van der Waals surface area contributed by atoms with Crippen molar-refractivity contribution in [3.63, 3.8) is 0 Å². The summed E-state index contributed by atoms with van der Waals surface area (Å²) < 4.78 is 9.81. The standard InChI is InChI=1S/C14H16N2O5/c1-15-14(19)16-12(17)9-21-13(18)8-7-10-5-3-4-6-11(10)20-2/h3-8H,9H2,1-2H3,(H2,15,16,17,19)/b8-7+. The van der Waals surface area contributed by atoms with Crippen molar-refractivity contribution in [1.82, 2.24) is 10.6 Å². The van der Waals surface area contributed by atoms with E-state index in [-0.39, 0.29) is 0 Å².